The van der Waals surface area contributed by atoms with E-state index in [2.05, 4.69) is 53.0 Å². The Labute approximate surface area is 148 Å². The van der Waals surface area contributed by atoms with Crippen LogP contribution >= 0.6 is 0 Å². The minimum absolute atomic E-state index is 0.231. The molecule has 0 saturated carbocycles. The molecule has 1 aromatic carbocycles. The molecule has 5 heteroatoms. The lowest BCUT2D eigenvalue weighted by atomic mass is 9.97. The fraction of sp³-hybridized carbons (Fsp3) is 0.350. The van der Waals surface area contributed by atoms with Crippen molar-refractivity contribution >= 4 is 5.82 Å². The van der Waals surface area contributed by atoms with Crippen LogP contribution in [0.2, 0.25) is 0 Å². The number of nitrogens with zero attached hydrogens (tertiary/aromatic N) is 4. The normalized spacial score (nSPS) is 11.7. The fourth-order valence-corrected chi connectivity index (χ4v) is 2.48. The number of benzene rings is 1. The van der Waals surface area contributed by atoms with Gasteiger partial charge >= 0.3 is 5.82 Å². The van der Waals surface area contributed by atoms with Gasteiger partial charge in [-0.2, -0.15) is 5.10 Å². The monoisotopic (exact) mass is 334 g/mol. The van der Waals surface area contributed by atoms with Gasteiger partial charge in [0.05, 0.1) is 11.1 Å². The van der Waals surface area contributed by atoms with Gasteiger partial charge in [-0.25, -0.2) is 4.68 Å². The molecular weight excluding hydrogens is 312 g/mol. The molecule has 0 radical (unpaired) electrons. The summed E-state index contributed by atoms with van der Waals surface area (Å²) in [4.78, 5) is 7.79. The van der Waals surface area contributed by atoms with Crippen LogP contribution in [0.5, 0.6) is 0 Å². The second-order valence-corrected chi connectivity index (χ2v) is 7.43. The van der Waals surface area contributed by atoms with Crippen LogP contribution in [0.3, 0.4) is 0 Å². The van der Waals surface area contributed by atoms with E-state index >= 15 is 0 Å². The van der Waals surface area contributed by atoms with E-state index in [0.29, 0.717) is 17.7 Å². The Morgan fingerprint density at radius 1 is 1.12 bits per heavy atom. The molecule has 0 aliphatic carbocycles. The SMILES string of the molecule is [C-]#[N+]c1nc(C(C)(C)C)oc1-n1ccc(-c2ccc(C(C)C)cc2)n1. The first-order valence-electron chi connectivity index (χ1n) is 8.34. The molecule has 0 unspecified atom stereocenters. The van der Waals surface area contributed by atoms with Crippen LogP contribution in [0.4, 0.5) is 5.82 Å². The minimum atomic E-state index is -0.264. The fourth-order valence-electron chi connectivity index (χ4n) is 2.48. The summed E-state index contributed by atoms with van der Waals surface area (Å²) in [7, 11) is 0. The summed E-state index contributed by atoms with van der Waals surface area (Å²) in [5.41, 5.74) is 2.90. The van der Waals surface area contributed by atoms with Gasteiger partial charge in [0, 0.05) is 11.8 Å². The molecular formula is C20H22N4O. The molecule has 0 amide bonds. The average Bonchev–Trinajstić information content (AvgIpc) is 3.21. The van der Waals surface area contributed by atoms with Gasteiger partial charge in [-0.3, -0.25) is 0 Å². The molecule has 0 atom stereocenters. The van der Waals surface area contributed by atoms with Crippen LogP contribution in [0, 0.1) is 6.57 Å². The van der Waals surface area contributed by atoms with E-state index in [0.717, 1.165) is 11.3 Å². The minimum Gasteiger partial charge on any atom is -0.414 e. The topological polar surface area (TPSA) is 48.2 Å². The molecule has 3 rings (SSSR count). The van der Waals surface area contributed by atoms with Crippen LogP contribution in [-0.2, 0) is 5.41 Å². The summed E-state index contributed by atoms with van der Waals surface area (Å²) in [5, 5.41) is 4.57. The number of hydrogen-bond acceptors (Lipinski definition) is 3. The first-order valence-corrected chi connectivity index (χ1v) is 8.34. The van der Waals surface area contributed by atoms with E-state index < -0.39 is 0 Å². The Morgan fingerprint density at radius 2 is 1.80 bits per heavy atom. The van der Waals surface area contributed by atoms with Crippen molar-refractivity contribution in [3.63, 3.8) is 0 Å². The largest absolute Gasteiger partial charge is 0.414 e. The Balaban J connectivity index is 1.97. The van der Waals surface area contributed by atoms with Gasteiger partial charge in [-0.15, -0.1) is 0 Å². The molecule has 0 aliphatic heterocycles. The summed E-state index contributed by atoms with van der Waals surface area (Å²) >= 11 is 0. The van der Waals surface area contributed by atoms with Crippen molar-refractivity contribution in [2.24, 2.45) is 0 Å². The van der Waals surface area contributed by atoms with E-state index in [1.165, 1.54) is 5.56 Å². The van der Waals surface area contributed by atoms with Gasteiger partial charge in [0.1, 0.15) is 0 Å². The summed E-state index contributed by atoms with van der Waals surface area (Å²) < 4.78 is 7.42. The first-order chi connectivity index (χ1) is 11.8. The standard InChI is InChI=1S/C20H22N4O/c1-13(2)14-7-9-15(10-8-14)16-11-12-24(23-16)18-17(21-6)22-19(25-18)20(3,4)5/h7-13H,1-5H3. The van der Waals surface area contributed by atoms with Gasteiger partial charge in [0.2, 0.25) is 5.88 Å². The quantitative estimate of drug-likeness (QED) is 0.594. The highest BCUT2D eigenvalue weighted by Crippen LogP contribution is 2.31. The third kappa shape index (κ3) is 3.34. The van der Waals surface area contributed by atoms with Gasteiger partial charge in [0.25, 0.3) is 5.89 Å². The zero-order valence-corrected chi connectivity index (χ0v) is 15.2. The van der Waals surface area contributed by atoms with Gasteiger partial charge in [-0.05, 0) is 38.3 Å². The van der Waals surface area contributed by atoms with Crippen LogP contribution < -0.4 is 0 Å². The highest BCUT2D eigenvalue weighted by Gasteiger charge is 2.28. The summed E-state index contributed by atoms with van der Waals surface area (Å²) in [5.74, 6) is 1.63. The maximum atomic E-state index is 7.35. The number of aromatic nitrogens is 3. The van der Waals surface area contributed by atoms with Gasteiger partial charge < -0.3 is 9.26 Å². The Morgan fingerprint density at radius 3 is 2.36 bits per heavy atom. The van der Waals surface area contributed by atoms with E-state index in [4.69, 9.17) is 11.0 Å². The smallest absolute Gasteiger partial charge is 0.335 e. The van der Waals surface area contributed by atoms with E-state index in [1.807, 2.05) is 26.8 Å². The molecule has 0 saturated heterocycles. The maximum Gasteiger partial charge on any atom is 0.335 e. The molecule has 0 N–H and O–H groups in total. The van der Waals surface area contributed by atoms with Crippen LogP contribution in [0.1, 0.15) is 52.0 Å². The van der Waals surface area contributed by atoms with Crippen molar-refractivity contribution in [2.45, 2.75) is 46.0 Å². The second-order valence-electron chi connectivity index (χ2n) is 7.43. The molecule has 3 aromatic rings. The predicted octanol–water partition coefficient (Wildman–Crippen LogP) is 5.50. The summed E-state index contributed by atoms with van der Waals surface area (Å²) in [6.07, 6.45) is 1.80. The predicted molar refractivity (Wildman–Crippen MR) is 98.1 cm³/mol. The maximum absolute atomic E-state index is 7.35. The Hall–Kier alpha value is -2.87. The molecule has 2 aromatic heterocycles. The van der Waals surface area contributed by atoms with E-state index in [9.17, 15) is 0 Å². The Kier molecular flexibility index (Phi) is 4.22. The molecule has 25 heavy (non-hydrogen) atoms. The third-order valence-electron chi connectivity index (χ3n) is 4.01. The van der Waals surface area contributed by atoms with Gasteiger partial charge in [-0.1, -0.05) is 49.7 Å². The van der Waals surface area contributed by atoms with Crippen molar-refractivity contribution in [3.8, 4) is 17.1 Å². The van der Waals surface area contributed by atoms with E-state index in [1.54, 1.807) is 10.9 Å². The lowest BCUT2D eigenvalue weighted by Crippen LogP contribution is -2.11. The molecule has 0 aliphatic rings. The summed E-state index contributed by atoms with van der Waals surface area (Å²) in [6, 6.07) is 10.3. The number of oxazole rings is 1. The van der Waals surface area contributed by atoms with Crippen LogP contribution in [0.15, 0.2) is 40.9 Å². The zero-order valence-electron chi connectivity index (χ0n) is 15.2. The second kappa shape index (κ2) is 6.21. The average molecular weight is 334 g/mol. The van der Waals surface area contributed by atoms with Crippen molar-refractivity contribution in [1.82, 2.24) is 14.8 Å². The van der Waals surface area contributed by atoms with Crippen LogP contribution in [0.25, 0.3) is 22.0 Å². The van der Waals surface area contributed by atoms with Crippen molar-refractivity contribution in [1.29, 1.82) is 0 Å². The lowest BCUT2D eigenvalue weighted by Gasteiger charge is -2.08. The molecule has 0 fully saturated rings. The molecule has 128 valence electrons. The Bertz CT molecular complexity index is 918. The number of hydrogen-bond donors (Lipinski definition) is 0. The molecule has 2 heterocycles. The highest BCUT2D eigenvalue weighted by molar-refractivity contribution is 5.60. The van der Waals surface area contributed by atoms with Crippen molar-refractivity contribution in [2.75, 3.05) is 0 Å². The molecule has 5 nitrogen and oxygen atoms in total. The zero-order chi connectivity index (χ0) is 18.2. The first kappa shape index (κ1) is 17.0. The third-order valence-corrected chi connectivity index (χ3v) is 4.01. The summed E-state index contributed by atoms with van der Waals surface area (Å²) in [6.45, 7) is 17.7. The van der Waals surface area contributed by atoms with Crippen LogP contribution in [-0.4, -0.2) is 14.8 Å². The van der Waals surface area contributed by atoms with Crippen molar-refractivity contribution in [3.05, 3.63) is 59.4 Å². The molecule has 0 spiro atoms. The highest BCUT2D eigenvalue weighted by atomic mass is 16.4. The van der Waals surface area contributed by atoms with Gasteiger partial charge in [0.15, 0.2) is 0 Å². The van der Waals surface area contributed by atoms with E-state index in [-0.39, 0.29) is 11.2 Å². The number of rotatable bonds is 3. The lowest BCUT2D eigenvalue weighted by molar-refractivity contribution is 0.381. The molecule has 0 bridgehead atoms. The van der Waals surface area contributed by atoms with Crippen molar-refractivity contribution < 1.29 is 4.42 Å².